The average Bonchev–Trinajstić information content (AvgIpc) is 2.65. The molecule has 0 saturated carbocycles. The number of anilines is 2. The van der Waals surface area contributed by atoms with Crippen LogP contribution in [0.5, 0.6) is 0 Å². The highest BCUT2D eigenvalue weighted by atomic mass is 35.5. The number of piperidine rings is 1. The molecule has 3 amide bonds. The molecule has 0 bridgehead atoms. The molecular formula is C19H27ClN4O3. The highest BCUT2D eigenvalue weighted by Crippen LogP contribution is 2.29. The van der Waals surface area contributed by atoms with E-state index in [0.29, 0.717) is 30.4 Å². The van der Waals surface area contributed by atoms with E-state index in [1.807, 2.05) is 24.0 Å². The molecule has 2 heterocycles. The summed E-state index contributed by atoms with van der Waals surface area (Å²) in [5.41, 5.74) is 7.24. The molecule has 1 aromatic rings. The van der Waals surface area contributed by atoms with Crippen LogP contribution in [-0.2, 0) is 14.4 Å². The van der Waals surface area contributed by atoms with Crippen molar-refractivity contribution in [3.63, 3.8) is 0 Å². The van der Waals surface area contributed by atoms with E-state index < -0.39 is 0 Å². The van der Waals surface area contributed by atoms with Gasteiger partial charge in [-0.2, -0.15) is 0 Å². The Hall–Kier alpha value is -2.12. The summed E-state index contributed by atoms with van der Waals surface area (Å²) in [5.74, 6) is 0.0349. The maximum atomic E-state index is 12.6. The van der Waals surface area contributed by atoms with Gasteiger partial charge in [-0.15, -0.1) is 12.4 Å². The lowest BCUT2D eigenvalue weighted by Gasteiger charge is -2.34. The van der Waals surface area contributed by atoms with Gasteiger partial charge >= 0.3 is 0 Å². The summed E-state index contributed by atoms with van der Waals surface area (Å²) in [6.07, 6.45) is 2.10. The van der Waals surface area contributed by atoms with Gasteiger partial charge in [-0.3, -0.25) is 14.4 Å². The molecule has 3 N–H and O–H groups in total. The van der Waals surface area contributed by atoms with Gasteiger partial charge in [0.25, 0.3) is 0 Å². The number of nitrogens with zero attached hydrogens (tertiary/aromatic N) is 2. The number of hydrogen-bond acceptors (Lipinski definition) is 4. The SMILES string of the molecule is CC(N)C1CCN(C(=O)CCC(=O)N2CC(=O)Nc3ccccc32)CC1.Cl. The van der Waals surface area contributed by atoms with Crippen LogP contribution >= 0.6 is 12.4 Å². The number of likely N-dealkylation sites (tertiary alicyclic amines) is 1. The lowest BCUT2D eigenvalue weighted by molar-refractivity contribution is -0.134. The Morgan fingerprint density at radius 2 is 1.81 bits per heavy atom. The first-order valence-electron chi connectivity index (χ1n) is 9.18. The number of hydrogen-bond donors (Lipinski definition) is 2. The summed E-state index contributed by atoms with van der Waals surface area (Å²) in [5, 5.41) is 2.76. The lowest BCUT2D eigenvalue weighted by atomic mass is 9.91. The van der Waals surface area contributed by atoms with Crippen LogP contribution < -0.4 is 16.0 Å². The molecule has 27 heavy (non-hydrogen) atoms. The van der Waals surface area contributed by atoms with Gasteiger partial charge in [0.05, 0.1) is 11.4 Å². The van der Waals surface area contributed by atoms with Crippen LogP contribution in [0.1, 0.15) is 32.6 Å². The zero-order valence-electron chi connectivity index (χ0n) is 15.5. The second-order valence-electron chi connectivity index (χ2n) is 7.12. The van der Waals surface area contributed by atoms with Crippen molar-refractivity contribution in [3.05, 3.63) is 24.3 Å². The minimum absolute atomic E-state index is 0. The van der Waals surface area contributed by atoms with E-state index in [1.165, 1.54) is 4.90 Å². The van der Waals surface area contributed by atoms with Crippen LogP contribution in [-0.4, -0.2) is 48.3 Å². The summed E-state index contributed by atoms with van der Waals surface area (Å²) in [4.78, 5) is 40.1. The molecular weight excluding hydrogens is 368 g/mol. The minimum Gasteiger partial charge on any atom is -0.343 e. The molecule has 1 fully saturated rings. The number of para-hydroxylation sites is 2. The molecule has 7 nitrogen and oxygen atoms in total. The van der Waals surface area contributed by atoms with Crippen molar-refractivity contribution >= 4 is 41.5 Å². The second kappa shape index (κ2) is 9.19. The van der Waals surface area contributed by atoms with Crippen molar-refractivity contribution < 1.29 is 14.4 Å². The van der Waals surface area contributed by atoms with Crippen LogP contribution in [0.2, 0.25) is 0 Å². The molecule has 1 atom stereocenters. The molecule has 0 spiro atoms. The number of rotatable bonds is 4. The predicted molar refractivity (Wildman–Crippen MR) is 107 cm³/mol. The quantitative estimate of drug-likeness (QED) is 0.813. The fraction of sp³-hybridized carbons (Fsp3) is 0.526. The maximum absolute atomic E-state index is 12.6. The molecule has 2 aliphatic rings. The van der Waals surface area contributed by atoms with Crippen LogP contribution in [0, 0.1) is 5.92 Å². The number of benzene rings is 1. The van der Waals surface area contributed by atoms with Gasteiger partial charge in [0.1, 0.15) is 6.54 Å². The summed E-state index contributed by atoms with van der Waals surface area (Å²) < 4.78 is 0. The minimum atomic E-state index is -0.221. The van der Waals surface area contributed by atoms with E-state index in [-0.39, 0.29) is 55.6 Å². The predicted octanol–water partition coefficient (Wildman–Crippen LogP) is 1.76. The number of carbonyl (C=O) groups excluding carboxylic acids is 3. The summed E-state index contributed by atoms with van der Waals surface area (Å²) in [6, 6.07) is 7.35. The van der Waals surface area contributed by atoms with Gasteiger partial charge in [0.2, 0.25) is 17.7 Å². The summed E-state index contributed by atoms with van der Waals surface area (Å²) in [6.45, 7) is 3.40. The van der Waals surface area contributed by atoms with Crippen molar-refractivity contribution in [1.82, 2.24) is 4.90 Å². The number of amides is 3. The highest BCUT2D eigenvalue weighted by molar-refractivity contribution is 6.10. The standard InChI is InChI=1S/C19H26N4O3.ClH/c1-13(20)14-8-10-22(11-9-14)18(25)6-7-19(26)23-12-17(24)21-15-4-2-3-5-16(15)23;/h2-5,13-14H,6-12,20H2,1H3,(H,21,24);1H. The van der Waals surface area contributed by atoms with Crippen molar-refractivity contribution in [2.45, 2.75) is 38.6 Å². The molecule has 1 saturated heterocycles. The first-order valence-corrected chi connectivity index (χ1v) is 9.18. The van der Waals surface area contributed by atoms with Crippen LogP contribution in [0.15, 0.2) is 24.3 Å². The third-order valence-corrected chi connectivity index (χ3v) is 5.26. The molecule has 1 aromatic carbocycles. The fourth-order valence-corrected chi connectivity index (χ4v) is 3.64. The number of fused-ring (bicyclic) bond motifs is 1. The van der Waals surface area contributed by atoms with Crippen molar-refractivity contribution in [2.75, 3.05) is 29.9 Å². The third kappa shape index (κ3) is 4.99. The third-order valence-electron chi connectivity index (χ3n) is 5.26. The lowest BCUT2D eigenvalue weighted by Crippen LogP contribution is -2.44. The van der Waals surface area contributed by atoms with Gasteiger partial charge in [0, 0.05) is 32.0 Å². The van der Waals surface area contributed by atoms with Crippen LogP contribution in [0.4, 0.5) is 11.4 Å². The number of halogens is 1. The molecule has 0 aromatic heterocycles. The summed E-state index contributed by atoms with van der Waals surface area (Å²) in [7, 11) is 0. The van der Waals surface area contributed by atoms with Gasteiger partial charge < -0.3 is 20.9 Å². The Kier molecular flexibility index (Phi) is 7.21. The Morgan fingerprint density at radius 1 is 1.19 bits per heavy atom. The maximum Gasteiger partial charge on any atom is 0.244 e. The number of nitrogens with two attached hydrogens (primary N) is 1. The Balaban J connectivity index is 0.00000261. The first-order chi connectivity index (χ1) is 12.5. The van der Waals surface area contributed by atoms with E-state index in [1.54, 1.807) is 12.1 Å². The van der Waals surface area contributed by atoms with Gasteiger partial charge in [-0.1, -0.05) is 12.1 Å². The number of carbonyl (C=O) groups is 3. The molecule has 1 unspecified atom stereocenters. The zero-order chi connectivity index (χ0) is 18.7. The number of nitrogens with one attached hydrogen (secondary N) is 1. The molecule has 2 aliphatic heterocycles. The highest BCUT2D eigenvalue weighted by Gasteiger charge is 2.28. The van der Waals surface area contributed by atoms with Crippen LogP contribution in [0.25, 0.3) is 0 Å². The summed E-state index contributed by atoms with van der Waals surface area (Å²) >= 11 is 0. The van der Waals surface area contributed by atoms with Crippen molar-refractivity contribution in [1.29, 1.82) is 0 Å². The largest absolute Gasteiger partial charge is 0.343 e. The fourth-order valence-electron chi connectivity index (χ4n) is 3.64. The van der Waals surface area contributed by atoms with Gasteiger partial charge in [-0.05, 0) is 37.8 Å². The smallest absolute Gasteiger partial charge is 0.244 e. The van der Waals surface area contributed by atoms with E-state index in [0.717, 1.165) is 12.8 Å². The molecule has 8 heteroatoms. The Bertz CT molecular complexity index is 702. The van der Waals surface area contributed by atoms with E-state index in [9.17, 15) is 14.4 Å². The monoisotopic (exact) mass is 394 g/mol. The molecule has 3 rings (SSSR count). The zero-order valence-corrected chi connectivity index (χ0v) is 16.3. The van der Waals surface area contributed by atoms with E-state index in [4.69, 9.17) is 5.73 Å². The molecule has 148 valence electrons. The molecule has 0 aliphatic carbocycles. The Labute approximate surface area is 165 Å². The van der Waals surface area contributed by atoms with E-state index in [2.05, 4.69) is 5.32 Å². The van der Waals surface area contributed by atoms with Gasteiger partial charge in [0.15, 0.2) is 0 Å². The normalized spacial score (nSPS) is 18.2. The van der Waals surface area contributed by atoms with Gasteiger partial charge in [-0.25, -0.2) is 0 Å². The topological polar surface area (TPSA) is 95.7 Å². The van der Waals surface area contributed by atoms with Crippen molar-refractivity contribution in [2.24, 2.45) is 11.7 Å². The van der Waals surface area contributed by atoms with Crippen molar-refractivity contribution in [3.8, 4) is 0 Å². The van der Waals surface area contributed by atoms with E-state index >= 15 is 0 Å². The average molecular weight is 395 g/mol. The van der Waals surface area contributed by atoms with Crippen LogP contribution in [0.3, 0.4) is 0 Å². The molecule has 0 radical (unpaired) electrons. The Morgan fingerprint density at radius 3 is 2.48 bits per heavy atom. The second-order valence-corrected chi connectivity index (χ2v) is 7.12. The first kappa shape index (κ1) is 21.2.